The van der Waals surface area contributed by atoms with E-state index in [1.165, 1.54) is 5.56 Å². The first-order valence-corrected chi connectivity index (χ1v) is 3.70. The van der Waals surface area contributed by atoms with Crippen molar-refractivity contribution in [2.75, 3.05) is 0 Å². The maximum absolute atomic E-state index is 9.14. The van der Waals surface area contributed by atoms with E-state index >= 15 is 0 Å². The standard InChI is InChI=1S/C10H14O/c1-7-4-8(2)10(6-11)9(3)5-7/h4-5,11H,6H2,1-3H3/i6D/t6-/m0/s1. The van der Waals surface area contributed by atoms with Crippen molar-refractivity contribution in [3.05, 3.63) is 34.4 Å². The Bertz CT molecular complexity index is 269. The molecule has 0 radical (unpaired) electrons. The molecule has 11 heavy (non-hydrogen) atoms. The van der Waals surface area contributed by atoms with Gasteiger partial charge in [0.2, 0.25) is 0 Å². The summed E-state index contributed by atoms with van der Waals surface area (Å²) in [7, 11) is 0. The van der Waals surface area contributed by atoms with Crippen LogP contribution in [0.1, 0.15) is 23.6 Å². The molecule has 0 unspecified atom stereocenters. The van der Waals surface area contributed by atoms with Gasteiger partial charge in [0.15, 0.2) is 0 Å². The topological polar surface area (TPSA) is 20.2 Å². The molecule has 0 bridgehead atoms. The Morgan fingerprint density at radius 2 is 1.73 bits per heavy atom. The van der Waals surface area contributed by atoms with E-state index in [9.17, 15) is 0 Å². The molecule has 1 heteroatoms. The van der Waals surface area contributed by atoms with Gasteiger partial charge in [0.25, 0.3) is 0 Å². The first kappa shape index (κ1) is 6.86. The van der Waals surface area contributed by atoms with Gasteiger partial charge in [0.1, 0.15) is 0 Å². The van der Waals surface area contributed by atoms with Crippen molar-refractivity contribution < 1.29 is 6.48 Å². The normalized spacial score (nSPS) is 14.4. The summed E-state index contributed by atoms with van der Waals surface area (Å²) in [6.07, 6.45) is 0. The average molecular weight is 151 g/mol. The predicted molar refractivity (Wildman–Crippen MR) is 46.6 cm³/mol. The lowest BCUT2D eigenvalue weighted by Gasteiger charge is -2.07. The van der Waals surface area contributed by atoms with E-state index in [-0.39, 0.29) is 0 Å². The highest BCUT2D eigenvalue weighted by Gasteiger charge is 2.00. The van der Waals surface area contributed by atoms with E-state index in [0.717, 1.165) is 16.7 Å². The Kier molecular flexibility index (Phi) is 1.91. The molecule has 0 saturated heterocycles. The van der Waals surface area contributed by atoms with Crippen LogP contribution in [-0.2, 0) is 6.58 Å². The first-order chi connectivity index (χ1) is 5.52. The lowest BCUT2D eigenvalue weighted by atomic mass is 10.0. The zero-order chi connectivity index (χ0) is 9.30. The van der Waals surface area contributed by atoms with Gasteiger partial charge in [-0.15, -0.1) is 0 Å². The second-order valence-electron chi connectivity index (χ2n) is 2.94. The fourth-order valence-electron chi connectivity index (χ4n) is 1.39. The molecule has 1 N–H and O–H groups in total. The minimum absolute atomic E-state index is 0.737. The van der Waals surface area contributed by atoms with Gasteiger partial charge in [-0.05, 0) is 37.5 Å². The highest BCUT2D eigenvalue weighted by molar-refractivity contribution is 5.36. The highest BCUT2D eigenvalue weighted by atomic mass is 16.3. The summed E-state index contributed by atoms with van der Waals surface area (Å²) in [4.78, 5) is 0. The molecule has 0 amide bonds. The lowest BCUT2D eigenvalue weighted by molar-refractivity contribution is 0.280. The van der Waals surface area contributed by atoms with Crippen molar-refractivity contribution in [3.63, 3.8) is 0 Å². The molecule has 60 valence electrons. The fraction of sp³-hybridized carbons (Fsp3) is 0.400. The molecule has 0 aliphatic rings. The largest absolute Gasteiger partial charge is 0.392 e. The molecule has 0 heterocycles. The maximum Gasteiger partial charge on any atom is 0.0686 e. The summed E-state index contributed by atoms with van der Waals surface area (Å²) in [6.45, 7) is 4.76. The van der Waals surface area contributed by atoms with Crippen LogP contribution in [-0.4, -0.2) is 5.11 Å². The molecule has 1 aromatic carbocycles. The Hall–Kier alpha value is -0.820. The Balaban J connectivity index is 3.28. The monoisotopic (exact) mass is 151 g/mol. The molecule has 1 atom stereocenters. The summed E-state index contributed by atoms with van der Waals surface area (Å²) in [6, 6.07) is 3.97. The van der Waals surface area contributed by atoms with Crippen molar-refractivity contribution in [2.24, 2.45) is 0 Å². The van der Waals surface area contributed by atoms with Gasteiger partial charge in [-0.1, -0.05) is 17.7 Å². The van der Waals surface area contributed by atoms with Crippen LogP contribution in [0.2, 0.25) is 0 Å². The highest BCUT2D eigenvalue weighted by Crippen LogP contribution is 2.15. The van der Waals surface area contributed by atoms with Crippen LogP contribution in [0.4, 0.5) is 0 Å². The second kappa shape index (κ2) is 3.05. The molecule has 1 aromatic rings. The van der Waals surface area contributed by atoms with E-state index in [0.29, 0.717) is 0 Å². The summed E-state index contributed by atoms with van der Waals surface area (Å²) in [5, 5.41) is 9.14. The van der Waals surface area contributed by atoms with Crippen molar-refractivity contribution in [3.8, 4) is 0 Å². The Morgan fingerprint density at radius 1 is 1.27 bits per heavy atom. The third-order valence-electron chi connectivity index (χ3n) is 1.87. The molecule has 0 saturated carbocycles. The minimum Gasteiger partial charge on any atom is -0.392 e. The number of hydrogen-bond donors (Lipinski definition) is 1. The summed E-state index contributed by atoms with van der Waals surface area (Å²) in [5.41, 5.74) is 3.90. The zero-order valence-corrected chi connectivity index (χ0v) is 7.18. The number of benzene rings is 1. The Labute approximate surface area is 69.1 Å². The second-order valence-corrected chi connectivity index (χ2v) is 2.94. The molecule has 0 fully saturated rings. The zero-order valence-electron chi connectivity index (χ0n) is 8.18. The molecule has 0 aliphatic heterocycles. The SMILES string of the molecule is [2H][C@H](O)c1c(C)cc(C)cc1C. The fourth-order valence-corrected chi connectivity index (χ4v) is 1.39. The molecular weight excluding hydrogens is 136 g/mol. The molecule has 0 aromatic heterocycles. The minimum atomic E-state index is -1.11. The first-order valence-electron chi connectivity index (χ1n) is 4.28. The van der Waals surface area contributed by atoms with Gasteiger partial charge < -0.3 is 5.11 Å². The molecular formula is C10H14O. The summed E-state index contributed by atoms with van der Waals surface area (Å²) >= 11 is 0. The quantitative estimate of drug-likeness (QED) is 0.651. The van der Waals surface area contributed by atoms with Gasteiger partial charge in [-0.3, -0.25) is 0 Å². The van der Waals surface area contributed by atoms with Crippen LogP contribution in [0, 0.1) is 20.8 Å². The van der Waals surface area contributed by atoms with Crippen molar-refractivity contribution in [1.82, 2.24) is 0 Å². The van der Waals surface area contributed by atoms with Crippen LogP contribution >= 0.6 is 0 Å². The van der Waals surface area contributed by atoms with Gasteiger partial charge >= 0.3 is 0 Å². The number of aliphatic hydroxyl groups is 1. The third kappa shape index (κ3) is 1.60. The van der Waals surface area contributed by atoms with Gasteiger partial charge in [-0.25, -0.2) is 0 Å². The average Bonchev–Trinajstić information content (AvgIpc) is 1.82. The smallest absolute Gasteiger partial charge is 0.0686 e. The number of rotatable bonds is 1. The molecule has 1 nitrogen and oxygen atoms in total. The molecule has 1 rings (SSSR count). The van der Waals surface area contributed by atoms with Gasteiger partial charge in [-0.2, -0.15) is 0 Å². The number of hydrogen-bond acceptors (Lipinski definition) is 1. The van der Waals surface area contributed by atoms with Crippen LogP contribution in [0.5, 0.6) is 0 Å². The van der Waals surface area contributed by atoms with Crippen LogP contribution < -0.4 is 0 Å². The van der Waals surface area contributed by atoms with E-state index in [1.807, 2.05) is 32.9 Å². The van der Waals surface area contributed by atoms with Crippen molar-refractivity contribution in [1.29, 1.82) is 0 Å². The van der Waals surface area contributed by atoms with E-state index < -0.39 is 6.58 Å². The number of aliphatic hydroxyl groups excluding tert-OH is 1. The maximum atomic E-state index is 9.14. The van der Waals surface area contributed by atoms with Gasteiger partial charge in [0, 0.05) is 0 Å². The predicted octanol–water partition coefficient (Wildman–Crippen LogP) is 2.10. The van der Waals surface area contributed by atoms with Crippen LogP contribution in [0.25, 0.3) is 0 Å². The number of aryl methyl sites for hydroxylation is 3. The van der Waals surface area contributed by atoms with Gasteiger partial charge in [0.05, 0.1) is 7.95 Å². The lowest BCUT2D eigenvalue weighted by Crippen LogP contribution is -1.93. The van der Waals surface area contributed by atoms with Crippen LogP contribution in [0.15, 0.2) is 12.1 Å². The van der Waals surface area contributed by atoms with E-state index in [1.54, 1.807) is 0 Å². The third-order valence-corrected chi connectivity index (χ3v) is 1.87. The molecule has 0 aliphatic carbocycles. The van der Waals surface area contributed by atoms with E-state index in [2.05, 4.69) is 0 Å². The Morgan fingerprint density at radius 3 is 2.09 bits per heavy atom. The van der Waals surface area contributed by atoms with Crippen molar-refractivity contribution >= 4 is 0 Å². The van der Waals surface area contributed by atoms with Crippen molar-refractivity contribution in [2.45, 2.75) is 27.4 Å². The van der Waals surface area contributed by atoms with E-state index in [4.69, 9.17) is 6.48 Å². The summed E-state index contributed by atoms with van der Waals surface area (Å²) < 4.78 is 7.23. The summed E-state index contributed by atoms with van der Waals surface area (Å²) in [5.74, 6) is 0. The molecule has 0 spiro atoms. The van der Waals surface area contributed by atoms with Crippen LogP contribution in [0.3, 0.4) is 0 Å².